The number of ether oxygens (including phenoxy) is 1. The highest BCUT2D eigenvalue weighted by atomic mass is 79.9. The van der Waals surface area contributed by atoms with E-state index in [2.05, 4.69) is 20.7 Å². The van der Waals surface area contributed by atoms with E-state index in [9.17, 15) is 4.79 Å². The molecule has 0 bridgehead atoms. The maximum Gasteiger partial charge on any atom is 0.330 e. The molecule has 0 aromatic heterocycles. The first-order valence-electron chi connectivity index (χ1n) is 4.38. The van der Waals surface area contributed by atoms with E-state index in [0.717, 1.165) is 11.1 Å². The van der Waals surface area contributed by atoms with Crippen LogP contribution in [0, 0.1) is 0 Å². The van der Waals surface area contributed by atoms with Crippen molar-refractivity contribution in [1.82, 2.24) is 0 Å². The van der Waals surface area contributed by atoms with Crippen LogP contribution in [0.3, 0.4) is 0 Å². The maximum absolute atomic E-state index is 10.9. The van der Waals surface area contributed by atoms with Crippen LogP contribution in [-0.4, -0.2) is 13.1 Å². The molecule has 0 fully saturated rings. The third-order valence-electron chi connectivity index (χ3n) is 1.91. The van der Waals surface area contributed by atoms with E-state index < -0.39 is 5.97 Å². The average Bonchev–Trinajstić information content (AvgIpc) is 2.25. The molecule has 0 N–H and O–H groups in total. The van der Waals surface area contributed by atoms with Crippen LogP contribution in [0.4, 0.5) is 0 Å². The predicted molar refractivity (Wildman–Crippen MR) is 70.1 cm³/mol. The molecule has 0 aliphatic rings. The Morgan fingerprint density at radius 3 is 2.44 bits per heavy atom. The Morgan fingerprint density at radius 1 is 1.44 bits per heavy atom. The minimum atomic E-state index is -0.420. The van der Waals surface area contributed by atoms with Gasteiger partial charge in [0.1, 0.15) is 0 Å². The number of alkyl halides is 1. The lowest BCUT2D eigenvalue weighted by Crippen LogP contribution is -1.93. The topological polar surface area (TPSA) is 26.3 Å². The van der Waals surface area contributed by atoms with Gasteiger partial charge in [0, 0.05) is 21.5 Å². The first kappa shape index (κ1) is 13.6. The van der Waals surface area contributed by atoms with Crippen LogP contribution >= 0.6 is 39.1 Å². The highest BCUT2D eigenvalue weighted by Gasteiger charge is 2.05. The normalized spacial score (nSPS) is 10.8. The number of benzene rings is 1. The Hall–Kier alpha value is -0.510. The van der Waals surface area contributed by atoms with Crippen LogP contribution < -0.4 is 0 Å². The van der Waals surface area contributed by atoms with Gasteiger partial charge < -0.3 is 4.74 Å². The van der Waals surface area contributed by atoms with Crippen molar-refractivity contribution in [3.63, 3.8) is 0 Å². The zero-order valence-corrected chi connectivity index (χ0v) is 11.6. The highest BCUT2D eigenvalue weighted by molar-refractivity contribution is 9.08. The minimum Gasteiger partial charge on any atom is -0.466 e. The van der Waals surface area contributed by atoms with Gasteiger partial charge in [-0.25, -0.2) is 4.79 Å². The Kier molecular flexibility index (Phi) is 5.32. The fourth-order valence-electron chi connectivity index (χ4n) is 1.08. The molecule has 5 heteroatoms. The average molecular weight is 324 g/mol. The zero-order valence-electron chi connectivity index (χ0n) is 8.47. The van der Waals surface area contributed by atoms with Crippen molar-refractivity contribution >= 4 is 51.2 Å². The summed E-state index contributed by atoms with van der Waals surface area (Å²) in [5.74, 6) is -0.420. The number of hydrogen-bond donors (Lipinski definition) is 0. The molecule has 1 rings (SSSR count). The summed E-state index contributed by atoms with van der Waals surface area (Å²) in [6.45, 7) is 0. The molecule has 1 aromatic carbocycles. The lowest BCUT2D eigenvalue weighted by molar-refractivity contribution is -0.134. The van der Waals surface area contributed by atoms with Gasteiger partial charge in [0.05, 0.1) is 7.11 Å². The second-order valence-electron chi connectivity index (χ2n) is 2.95. The second-order valence-corrected chi connectivity index (χ2v) is 4.33. The van der Waals surface area contributed by atoms with Gasteiger partial charge in [0.25, 0.3) is 0 Å². The SMILES string of the molecule is COC(=O)/C=C/c1cc(Cl)c(CBr)c(Cl)c1. The summed E-state index contributed by atoms with van der Waals surface area (Å²) in [6.07, 6.45) is 2.91. The van der Waals surface area contributed by atoms with E-state index >= 15 is 0 Å². The minimum absolute atomic E-state index is 0.420. The van der Waals surface area contributed by atoms with Gasteiger partial charge in [-0.05, 0) is 29.3 Å². The first-order valence-corrected chi connectivity index (χ1v) is 6.26. The quantitative estimate of drug-likeness (QED) is 0.476. The summed E-state index contributed by atoms with van der Waals surface area (Å²) < 4.78 is 4.48. The number of halogens is 3. The van der Waals surface area contributed by atoms with Gasteiger partial charge in [0.15, 0.2) is 0 Å². The monoisotopic (exact) mass is 322 g/mol. The van der Waals surface area contributed by atoms with Crippen molar-refractivity contribution in [3.8, 4) is 0 Å². The Balaban J connectivity index is 3.00. The van der Waals surface area contributed by atoms with Crippen LogP contribution in [-0.2, 0) is 14.9 Å². The summed E-state index contributed by atoms with van der Waals surface area (Å²) >= 11 is 15.3. The van der Waals surface area contributed by atoms with Crippen LogP contribution in [0.1, 0.15) is 11.1 Å². The van der Waals surface area contributed by atoms with Crippen molar-refractivity contribution in [2.45, 2.75) is 5.33 Å². The molecule has 0 radical (unpaired) electrons. The Labute approximate surface area is 112 Å². The van der Waals surface area contributed by atoms with Gasteiger partial charge in [-0.2, -0.15) is 0 Å². The van der Waals surface area contributed by atoms with E-state index in [1.54, 1.807) is 18.2 Å². The van der Waals surface area contributed by atoms with Crippen molar-refractivity contribution in [3.05, 3.63) is 39.4 Å². The fraction of sp³-hybridized carbons (Fsp3) is 0.182. The molecule has 0 aliphatic heterocycles. The van der Waals surface area contributed by atoms with Crippen LogP contribution in [0.5, 0.6) is 0 Å². The van der Waals surface area contributed by atoms with Crippen molar-refractivity contribution in [1.29, 1.82) is 0 Å². The molecule has 16 heavy (non-hydrogen) atoms. The van der Waals surface area contributed by atoms with Gasteiger partial charge in [-0.3, -0.25) is 0 Å². The summed E-state index contributed by atoms with van der Waals surface area (Å²) in [6, 6.07) is 3.48. The molecule has 0 heterocycles. The molecule has 0 atom stereocenters. The van der Waals surface area contributed by atoms with E-state index in [1.165, 1.54) is 13.2 Å². The van der Waals surface area contributed by atoms with E-state index in [4.69, 9.17) is 23.2 Å². The number of carbonyl (C=O) groups is 1. The number of esters is 1. The number of methoxy groups -OCH3 is 1. The van der Waals surface area contributed by atoms with Crippen molar-refractivity contribution in [2.24, 2.45) is 0 Å². The molecule has 2 nitrogen and oxygen atoms in total. The third-order valence-corrected chi connectivity index (χ3v) is 3.15. The number of hydrogen-bond acceptors (Lipinski definition) is 2. The smallest absolute Gasteiger partial charge is 0.330 e. The lowest BCUT2D eigenvalue weighted by atomic mass is 10.1. The van der Waals surface area contributed by atoms with Crippen LogP contribution in [0.25, 0.3) is 6.08 Å². The van der Waals surface area contributed by atoms with Gasteiger partial charge >= 0.3 is 5.97 Å². The molecule has 1 aromatic rings. The standard InChI is InChI=1S/C11H9BrCl2O2/c1-16-11(15)3-2-7-4-9(13)8(6-12)10(14)5-7/h2-5H,6H2,1H3/b3-2+. The molecule has 86 valence electrons. The summed E-state index contributed by atoms with van der Waals surface area (Å²) in [4.78, 5) is 10.9. The molecule has 0 aliphatic carbocycles. The van der Waals surface area contributed by atoms with Gasteiger partial charge in [-0.15, -0.1) is 0 Å². The Bertz CT molecular complexity index is 407. The Morgan fingerprint density at radius 2 is 2.00 bits per heavy atom. The molecule has 0 saturated heterocycles. The highest BCUT2D eigenvalue weighted by Crippen LogP contribution is 2.28. The van der Waals surface area contributed by atoms with Gasteiger partial charge in [0.2, 0.25) is 0 Å². The summed E-state index contributed by atoms with van der Waals surface area (Å²) in [5.41, 5.74) is 1.59. The third kappa shape index (κ3) is 3.51. The van der Waals surface area contributed by atoms with Crippen LogP contribution in [0.15, 0.2) is 18.2 Å². The van der Waals surface area contributed by atoms with Crippen LogP contribution in [0.2, 0.25) is 10.0 Å². The second kappa shape index (κ2) is 6.28. The first-order chi connectivity index (χ1) is 7.58. The largest absolute Gasteiger partial charge is 0.466 e. The van der Waals surface area contributed by atoms with E-state index in [-0.39, 0.29) is 0 Å². The predicted octanol–water partition coefficient (Wildman–Crippen LogP) is 4.07. The van der Waals surface area contributed by atoms with Gasteiger partial charge in [-0.1, -0.05) is 39.1 Å². The molecule has 0 saturated carbocycles. The van der Waals surface area contributed by atoms with Crippen molar-refractivity contribution in [2.75, 3.05) is 7.11 Å². The fourth-order valence-corrected chi connectivity index (χ4v) is 2.64. The molecule has 0 amide bonds. The molecule has 0 spiro atoms. The van der Waals surface area contributed by atoms with Crippen molar-refractivity contribution < 1.29 is 9.53 Å². The summed E-state index contributed by atoms with van der Waals surface area (Å²) in [5, 5.41) is 1.72. The zero-order chi connectivity index (χ0) is 12.1. The molecular weight excluding hydrogens is 315 g/mol. The molecular formula is C11H9BrCl2O2. The summed E-state index contributed by atoms with van der Waals surface area (Å²) in [7, 11) is 1.32. The molecule has 0 unspecified atom stereocenters. The maximum atomic E-state index is 10.9. The lowest BCUT2D eigenvalue weighted by Gasteiger charge is -2.04. The van der Waals surface area contributed by atoms with E-state index in [0.29, 0.717) is 15.4 Å². The van der Waals surface area contributed by atoms with E-state index in [1.807, 2.05) is 0 Å². The number of rotatable bonds is 3. The number of carbonyl (C=O) groups excluding carboxylic acids is 1.